The third kappa shape index (κ3) is 5.49. The molecule has 7 nitrogen and oxygen atoms in total. The second kappa shape index (κ2) is 9.09. The predicted octanol–water partition coefficient (Wildman–Crippen LogP) is 4.29. The van der Waals surface area contributed by atoms with Crippen LogP contribution in [0.15, 0.2) is 42.5 Å². The van der Waals surface area contributed by atoms with Crippen molar-refractivity contribution in [3.05, 3.63) is 74.5 Å². The van der Waals surface area contributed by atoms with Gasteiger partial charge in [-0.25, -0.2) is 9.18 Å². The van der Waals surface area contributed by atoms with Crippen LogP contribution in [0.4, 0.5) is 10.1 Å². The van der Waals surface area contributed by atoms with Gasteiger partial charge in [0.05, 0.1) is 17.0 Å². The number of hydroxylamine groups is 2. The molecule has 27 heavy (non-hydrogen) atoms. The molecule has 2 aromatic carbocycles. The zero-order valence-electron chi connectivity index (χ0n) is 14.4. The molecule has 0 radical (unpaired) electrons. The van der Waals surface area contributed by atoms with Crippen LogP contribution in [0.25, 0.3) is 0 Å². The third-order valence-electron chi connectivity index (χ3n) is 3.54. The summed E-state index contributed by atoms with van der Waals surface area (Å²) in [6.07, 6.45) is 0.539. The number of carbonyl (C=O) groups excluding carboxylic acids is 2. The fourth-order valence-corrected chi connectivity index (χ4v) is 2.39. The second-order valence-electron chi connectivity index (χ2n) is 5.59. The first-order valence-electron chi connectivity index (χ1n) is 8.03. The van der Waals surface area contributed by atoms with Crippen molar-refractivity contribution in [2.75, 3.05) is 0 Å². The number of benzene rings is 2. The molecule has 2 aromatic rings. The lowest BCUT2D eigenvalue weighted by Crippen LogP contribution is -2.33. The summed E-state index contributed by atoms with van der Waals surface area (Å²) in [5.74, 6) is -2.11. The SMILES string of the molecule is CCCC(=O)ON(Cc1cc(F)ccc1[N+](=O)[O-])C(=O)c1ccc(Cl)cc1. The maximum absolute atomic E-state index is 13.6. The van der Waals surface area contributed by atoms with Gasteiger partial charge in [-0.2, -0.15) is 5.06 Å². The van der Waals surface area contributed by atoms with Gasteiger partial charge in [-0.1, -0.05) is 18.5 Å². The number of rotatable bonds is 6. The number of carbonyl (C=O) groups is 2. The van der Waals surface area contributed by atoms with Crippen molar-refractivity contribution in [1.29, 1.82) is 0 Å². The Morgan fingerprint density at radius 2 is 1.89 bits per heavy atom. The molecule has 2 rings (SSSR count). The summed E-state index contributed by atoms with van der Waals surface area (Å²) in [5, 5.41) is 12.3. The summed E-state index contributed by atoms with van der Waals surface area (Å²) < 4.78 is 13.6. The van der Waals surface area contributed by atoms with E-state index in [4.69, 9.17) is 16.4 Å². The maximum atomic E-state index is 13.6. The van der Waals surface area contributed by atoms with E-state index in [2.05, 4.69) is 0 Å². The van der Waals surface area contributed by atoms with Gasteiger partial charge >= 0.3 is 5.97 Å². The summed E-state index contributed by atoms with van der Waals surface area (Å²) in [4.78, 5) is 40.1. The summed E-state index contributed by atoms with van der Waals surface area (Å²) in [7, 11) is 0. The van der Waals surface area contributed by atoms with E-state index in [-0.39, 0.29) is 17.5 Å². The summed E-state index contributed by atoms with van der Waals surface area (Å²) >= 11 is 5.80. The Bertz CT molecular complexity index is 857. The van der Waals surface area contributed by atoms with Crippen molar-refractivity contribution in [1.82, 2.24) is 5.06 Å². The summed E-state index contributed by atoms with van der Waals surface area (Å²) in [5.41, 5.74) is -0.341. The molecular formula is C18H16ClFN2O5. The number of hydrogen-bond donors (Lipinski definition) is 0. The topological polar surface area (TPSA) is 89.8 Å². The molecule has 0 aromatic heterocycles. The Morgan fingerprint density at radius 1 is 1.22 bits per heavy atom. The molecule has 0 atom stereocenters. The van der Waals surface area contributed by atoms with Crippen molar-refractivity contribution < 1.29 is 23.7 Å². The van der Waals surface area contributed by atoms with Crippen LogP contribution in [-0.2, 0) is 16.2 Å². The second-order valence-corrected chi connectivity index (χ2v) is 6.03. The molecule has 0 unspecified atom stereocenters. The highest BCUT2D eigenvalue weighted by molar-refractivity contribution is 6.30. The van der Waals surface area contributed by atoms with Crippen molar-refractivity contribution >= 4 is 29.2 Å². The molecule has 0 saturated carbocycles. The Hall–Kier alpha value is -3.00. The fraction of sp³-hybridized carbons (Fsp3) is 0.222. The standard InChI is InChI=1S/C18H16ClFN2O5/c1-2-3-17(23)27-21(18(24)12-4-6-14(19)7-5-12)11-13-10-15(20)8-9-16(13)22(25)26/h4-10H,2-3,11H2,1H3. The van der Waals surface area contributed by atoms with Crippen molar-refractivity contribution in [3.8, 4) is 0 Å². The molecule has 1 amide bonds. The predicted molar refractivity (Wildman–Crippen MR) is 95.4 cm³/mol. The first-order chi connectivity index (χ1) is 12.8. The number of nitrogens with zero attached hydrogens (tertiary/aromatic N) is 2. The first kappa shape index (κ1) is 20.3. The monoisotopic (exact) mass is 394 g/mol. The molecule has 0 aliphatic heterocycles. The van der Waals surface area contributed by atoms with E-state index < -0.39 is 34.8 Å². The lowest BCUT2D eigenvalue weighted by molar-refractivity contribution is -0.386. The van der Waals surface area contributed by atoms with Crippen LogP contribution in [0.1, 0.15) is 35.7 Å². The van der Waals surface area contributed by atoms with Crippen LogP contribution in [0.2, 0.25) is 5.02 Å². The minimum atomic E-state index is -0.714. The lowest BCUT2D eigenvalue weighted by Gasteiger charge is -2.21. The fourth-order valence-electron chi connectivity index (χ4n) is 2.27. The van der Waals surface area contributed by atoms with E-state index in [0.29, 0.717) is 16.5 Å². The van der Waals surface area contributed by atoms with Gasteiger partial charge in [0.1, 0.15) is 5.82 Å². The maximum Gasteiger partial charge on any atom is 0.332 e. The molecule has 9 heteroatoms. The molecular weight excluding hydrogens is 379 g/mol. The number of nitro groups is 1. The molecule has 0 heterocycles. The summed E-state index contributed by atoms with van der Waals surface area (Å²) in [6, 6.07) is 8.65. The number of halogens is 2. The normalized spacial score (nSPS) is 10.3. The Labute approximate surface area is 159 Å². The quantitative estimate of drug-likeness (QED) is 0.538. The van der Waals surface area contributed by atoms with Crippen LogP contribution >= 0.6 is 11.6 Å². The third-order valence-corrected chi connectivity index (χ3v) is 3.79. The van der Waals surface area contributed by atoms with E-state index in [1.807, 2.05) is 0 Å². The van der Waals surface area contributed by atoms with Gasteiger partial charge in [-0.05, 0) is 42.8 Å². The molecule has 0 N–H and O–H groups in total. The van der Waals surface area contributed by atoms with Crippen LogP contribution < -0.4 is 0 Å². The van der Waals surface area contributed by atoms with Crippen molar-refractivity contribution in [2.45, 2.75) is 26.3 Å². The lowest BCUT2D eigenvalue weighted by atomic mass is 10.1. The zero-order chi connectivity index (χ0) is 20.0. The minimum absolute atomic E-state index is 0.0512. The van der Waals surface area contributed by atoms with Gasteiger partial charge in [0.25, 0.3) is 11.6 Å². The molecule has 0 fully saturated rings. The molecule has 0 aliphatic rings. The van der Waals surface area contributed by atoms with E-state index in [1.54, 1.807) is 6.92 Å². The highest BCUT2D eigenvalue weighted by Gasteiger charge is 2.25. The van der Waals surface area contributed by atoms with E-state index >= 15 is 0 Å². The average molecular weight is 395 g/mol. The van der Waals surface area contributed by atoms with E-state index in [0.717, 1.165) is 18.2 Å². The Kier molecular flexibility index (Phi) is 6.84. The molecule has 0 bridgehead atoms. The average Bonchev–Trinajstić information content (AvgIpc) is 2.61. The van der Waals surface area contributed by atoms with Crippen LogP contribution in [0.5, 0.6) is 0 Å². The van der Waals surface area contributed by atoms with Crippen molar-refractivity contribution in [2.24, 2.45) is 0 Å². The zero-order valence-corrected chi connectivity index (χ0v) is 15.1. The number of hydrogen-bond acceptors (Lipinski definition) is 5. The summed E-state index contributed by atoms with van der Waals surface area (Å²) in [6.45, 7) is 1.27. The molecule has 0 aliphatic carbocycles. The Balaban J connectivity index is 2.37. The van der Waals surface area contributed by atoms with Gasteiger partial charge in [0.15, 0.2) is 0 Å². The van der Waals surface area contributed by atoms with Gasteiger partial charge in [0, 0.05) is 23.1 Å². The van der Waals surface area contributed by atoms with Gasteiger partial charge in [-0.3, -0.25) is 14.9 Å². The van der Waals surface area contributed by atoms with E-state index in [9.17, 15) is 24.1 Å². The van der Waals surface area contributed by atoms with Crippen LogP contribution in [0, 0.1) is 15.9 Å². The smallest absolute Gasteiger partial charge is 0.332 e. The van der Waals surface area contributed by atoms with Gasteiger partial charge in [0.2, 0.25) is 0 Å². The van der Waals surface area contributed by atoms with Crippen molar-refractivity contribution in [3.63, 3.8) is 0 Å². The van der Waals surface area contributed by atoms with Gasteiger partial charge in [-0.15, -0.1) is 0 Å². The highest BCUT2D eigenvalue weighted by Crippen LogP contribution is 2.23. The molecule has 0 saturated heterocycles. The van der Waals surface area contributed by atoms with E-state index in [1.165, 1.54) is 24.3 Å². The largest absolute Gasteiger partial charge is 0.338 e. The highest BCUT2D eigenvalue weighted by atomic mass is 35.5. The first-order valence-corrected chi connectivity index (χ1v) is 8.40. The molecule has 142 valence electrons. The van der Waals surface area contributed by atoms with Crippen LogP contribution in [-0.4, -0.2) is 21.9 Å². The van der Waals surface area contributed by atoms with Gasteiger partial charge < -0.3 is 4.84 Å². The molecule has 0 spiro atoms. The number of nitro benzene ring substituents is 1. The Morgan fingerprint density at radius 3 is 2.48 bits per heavy atom. The number of amides is 1. The minimum Gasteiger partial charge on any atom is -0.338 e. The van der Waals surface area contributed by atoms with Crippen LogP contribution in [0.3, 0.4) is 0 Å².